The van der Waals surface area contributed by atoms with Gasteiger partial charge in [0.15, 0.2) is 0 Å². The van der Waals surface area contributed by atoms with Crippen molar-refractivity contribution in [3.63, 3.8) is 0 Å². The maximum absolute atomic E-state index is 12.0. The number of rotatable bonds is 4. The lowest BCUT2D eigenvalue weighted by molar-refractivity contribution is -0.0777. The molecule has 1 aliphatic rings. The molecule has 1 aliphatic heterocycles. The summed E-state index contributed by atoms with van der Waals surface area (Å²) in [5.41, 5.74) is 2.40. The molecule has 0 aliphatic carbocycles. The highest BCUT2D eigenvalue weighted by Gasteiger charge is 2.25. The van der Waals surface area contributed by atoms with E-state index in [0.717, 1.165) is 30.2 Å². The molecule has 1 fully saturated rings. The summed E-state index contributed by atoms with van der Waals surface area (Å²) in [6.07, 6.45) is 0.465. The fourth-order valence-corrected chi connectivity index (χ4v) is 2.84. The SMILES string of the molecule is Cc1n[nH]c(C)c1NC(=O)NC[C@H](C)N1C[C@H](C)O[C@@H](C)C1. The molecule has 0 unspecified atom stereocenters. The molecule has 0 bridgehead atoms. The Morgan fingerprint density at radius 3 is 2.59 bits per heavy atom. The summed E-state index contributed by atoms with van der Waals surface area (Å²) in [5.74, 6) is 0. The van der Waals surface area contributed by atoms with Gasteiger partial charge in [-0.05, 0) is 34.6 Å². The van der Waals surface area contributed by atoms with Crippen LogP contribution in [0, 0.1) is 13.8 Å². The molecule has 2 rings (SSSR count). The lowest BCUT2D eigenvalue weighted by Gasteiger charge is -2.38. The third-order valence-corrected chi connectivity index (χ3v) is 4.00. The van der Waals surface area contributed by atoms with Crippen LogP contribution in [0.3, 0.4) is 0 Å². The fourth-order valence-electron chi connectivity index (χ4n) is 2.84. The molecule has 3 N–H and O–H groups in total. The number of carbonyl (C=O) groups excluding carboxylic acids is 1. The Labute approximate surface area is 131 Å². The minimum absolute atomic E-state index is 0.200. The van der Waals surface area contributed by atoms with Crippen molar-refractivity contribution < 1.29 is 9.53 Å². The quantitative estimate of drug-likeness (QED) is 0.790. The smallest absolute Gasteiger partial charge is 0.319 e. The van der Waals surface area contributed by atoms with E-state index in [1.165, 1.54) is 0 Å². The largest absolute Gasteiger partial charge is 0.373 e. The van der Waals surface area contributed by atoms with Gasteiger partial charge in [0.2, 0.25) is 0 Å². The Bertz CT molecular complexity index is 487. The van der Waals surface area contributed by atoms with E-state index in [9.17, 15) is 4.79 Å². The molecule has 7 nitrogen and oxygen atoms in total. The average molecular weight is 309 g/mol. The first-order valence-corrected chi connectivity index (χ1v) is 7.82. The molecule has 124 valence electrons. The average Bonchev–Trinajstić information content (AvgIpc) is 2.75. The van der Waals surface area contributed by atoms with E-state index in [4.69, 9.17) is 4.74 Å². The number of morpholine rings is 1. The number of aryl methyl sites for hydroxylation is 2. The van der Waals surface area contributed by atoms with Crippen molar-refractivity contribution in [1.82, 2.24) is 20.4 Å². The summed E-state index contributed by atoms with van der Waals surface area (Å²) < 4.78 is 5.74. The first-order chi connectivity index (χ1) is 10.4. The number of nitrogens with zero attached hydrogens (tertiary/aromatic N) is 2. The third kappa shape index (κ3) is 4.20. The normalized spacial score (nSPS) is 24.0. The van der Waals surface area contributed by atoms with Crippen molar-refractivity contribution in [1.29, 1.82) is 0 Å². The Morgan fingerprint density at radius 2 is 2.05 bits per heavy atom. The van der Waals surface area contributed by atoms with Crippen LogP contribution in [0.4, 0.5) is 10.5 Å². The van der Waals surface area contributed by atoms with Gasteiger partial charge in [0.25, 0.3) is 0 Å². The first-order valence-electron chi connectivity index (χ1n) is 7.82. The third-order valence-electron chi connectivity index (χ3n) is 4.00. The van der Waals surface area contributed by atoms with Crippen molar-refractivity contribution in [3.8, 4) is 0 Å². The van der Waals surface area contributed by atoms with Crippen LogP contribution in [0.2, 0.25) is 0 Å². The second kappa shape index (κ2) is 7.11. The lowest BCUT2D eigenvalue weighted by Crippen LogP contribution is -2.52. The number of hydrogen-bond donors (Lipinski definition) is 3. The summed E-state index contributed by atoms with van der Waals surface area (Å²) >= 11 is 0. The highest BCUT2D eigenvalue weighted by atomic mass is 16.5. The molecular formula is C15H27N5O2. The van der Waals surface area contributed by atoms with Crippen LogP contribution in [0.5, 0.6) is 0 Å². The van der Waals surface area contributed by atoms with Gasteiger partial charge < -0.3 is 15.4 Å². The summed E-state index contributed by atoms with van der Waals surface area (Å²) in [4.78, 5) is 14.4. The monoisotopic (exact) mass is 309 g/mol. The maximum Gasteiger partial charge on any atom is 0.319 e. The van der Waals surface area contributed by atoms with Gasteiger partial charge in [0.1, 0.15) is 0 Å². The van der Waals surface area contributed by atoms with Gasteiger partial charge in [0.05, 0.1) is 29.3 Å². The number of anilines is 1. The van der Waals surface area contributed by atoms with Crippen LogP contribution in [-0.2, 0) is 4.74 Å². The van der Waals surface area contributed by atoms with Crippen LogP contribution in [0.25, 0.3) is 0 Å². The second-order valence-corrected chi connectivity index (χ2v) is 6.20. The Morgan fingerprint density at radius 1 is 1.41 bits per heavy atom. The predicted molar refractivity (Wildman–Crippen MR) is 86.1 cm³/mol. The van der Waals surface area contributed by atoms with Crippen molar-refractivity contribution in [2.45, 2.75) is 52.9 Å². The Kier molecular flexibility index (Phi) is 5.42. The summed E-state index contributed by atoms with van der Waals surface area (Å²) in [7, 11) is 0. The van der Waals surface area contributed by atoms with Crippen molar-refractivity contribution >= 4 is 11.7 Å². The molecule has 2 amide bonds. The zero-order valence-electron chi connectivity index (χ0n) is 14.1. The van der Waals surface area contributed by atoms with Gasteiger partial charge in [-0.15, -0.1) is 0 Å². The van der Waals surface area contributed by atoms with Gasteiger partial charge in [0, 0.05) is 25.7 Å². The molecule has 1 aromatic rings. The minimum Gasteiger partial charge on any atom is -0.373 e. The standard InChI is InChI=1S/C15H27N5O2/c1-9(20-7-10(2)22-11(3)8-20)6-16-15(21)17-14-12(4)18-19-13(14)5/h9-11H,6-8H2,1-5H3,(H,18,19)(H2,16,17,21)/t9-,10-,11-/m0/s1. The second-order valence-electron chi connectivity index (χ2n) is 6.20. The lowest BCUT2D eigenvalue weighted by atomic mass is 10.2. The van der Waals surface area contributed by atoms with E-state index in [2.05, 4.69) is 46.5 Å². The van der Waals surface area contributed by atoms with E-state index in [1.54, 1.807) is 0 Å². The van der Waals surface area contributed by atoms with E-state index in [1.807, 2.05) is 13.8 Å². The van der Waals surface area contributed by atoms with E-state index >= 15 is 0 Å². The molecule has 1 aromatic heterocycles. The van der Waals surface area contributed by atoms with Gasteiger partial charge in [-0.25, -0.2) is 4.79 Å². The Hall–Kier alpha value is -1.60. The number of urea groups is 1. The molecule has 0 saturated carbocycles. The number of carbonyl (C=O) groups is 1. The Balaban J connectivity index is 1.80. The summed E-state index contributed by atoms with van der Waals surface area (Å²) in [6, 6.07) is 0.0694. The number of nitrogens with one attached hydrogen (secondary N) is 3. The molecule has 0 radical (unpaired) electrons. The van der Waals surface area contributed by atoms with Crippen molar-refractivity contribution in [2.24, 2.45) is 0 Å². The van der Waals surface area contributed by atoms with Crippen LogP contribution < -0.4 is 10.6 Å². The molecule has 22 heavy (non-hydrogen) atoms. The molecule has 7 heteroatoms. The molecule has 0 spiro atoms. The van der Waals surface area contributed by atoms with Gasteiger partial charge >= 0.3 is 6.03 Å². The molecule has 2 heterocycles. The minimum atomic E-state index is -0.200. The van der Waals surface area contributed by atoms with E-state index in [0.29, 0.717) is 6.54 Å². The first kappa shape index (κ1) is 16.8. The van der Waals surface area contributed by atoms with Gasteiger partial charge in [-0.2, -0.15) is 5.10 Å². The fraction of sp³-hybridized carbons (Fsp3) is 0.733. The number of aromatic amines is 1. The topological polar surface area (TPSA) is 82.3 Å². The molecule has 3 atom stereocenters. The van der Waals surface area contributed by atoms with Crippen LogP contribution in [0.15, 0.2) is 0 Å². The van der Waals surface area contributed by atoms with Crippen LogP contribution in [0.1, 0.15) is 32.2 Å². The van der Waals surface area contributed by atoms with E-state index < -0.39 is 0 Å². The molecule has 0 aromatic carbocycles. The number of H-pyrrole nitrogens is 1. The van der Waals surface area contributed by atoms with Crippen molar-refractivity contribution in [2.75, 3.05) is 25.0 Å². The number of hydrogen-bond acceptors (Lipinski definition) is 4. The van der Waals surface area contributed by atoms with Gasteiger partial charge in [-0.1, -0.05) is 0 Å². The zero-order chi connectivity index (χ0) is 16.3. The van der Waals surface area contributed by atoms with Crippen LogP contribution >= 0.6 is 0 Å². The summed E-state index contributed by atoms with van der Waals surface area (Å²) in [5, 5.41) is 12.7. The molecule has 1 saturated heterocycles. The number of aromatic nitrogens is 2. The van der Waals surface area contributed by atoms with Gasteiger partial charge in [-0.3, -0.25) is 10.00 Å². The van der Waals surface area contributed by atoms with Crippen LogP contribution in [-0.4, -0.2) is 59.0 Å². The number of amides is 2. The maximum atomic E-state index is 12.0. The number of ether oxygens (including phenoxy) is 1. The van der Waals surface area contributed by atoms with E-state index in [-0.39, 0.29) is 24.3 Å². The van der Waals surface area contributed by atoms with Crippen molar-refractivity contribution in [3.05, 3.63) is 11.4 Å². The highest BCUT2D eigenvalue weighted by Crippen LogP contribution is 2.16. The molecular weight excluding hydrogens is 282 g/mol. The highest BCUT2D eigenvalue weighted by molar-refractivity contribution is 5.90. The predicted octanol–water partition coefficient (Wildman–Crippen LogP) is 1.65. The summed E-state index contributed by atoms with van der Waals surface area (Å²) in [6.45, 7) is 12.4. The zero-order valence-corrected chi connectivity index (χ0v) is 14.1.